The molecule has 0 bridgehead atoms. The molecule has 238 valence electrons. The van der Waals surface area contributed by atoms with E-state index >= 15 is 4.39 Å². The predicted octanol–water partition coefficient (Wildman–Crippen LogP) is 12.9. The van der Waals surface area contributed by atoms with Crippen molar-refractivity contribution in [3.63, 3.8) is 0 Å². The lowest BCUT2D eigenvalue weighted by Gasteiger charge is -2.13. The summed E-state index contributed by atoms with van der Waals surface area (Å²) in [5, 5.41) is 8.88. The van der Waals surface area contributed by atoms with Crippen LogP contribution in [0.15, 0.2) is 160 Å². The zero-order valence-electron chi connectivity index (χ0n) is 27.0. The average molecular weight is 657 g/mol. The summed E-state index contributed by atoms with van der Waals surface area (Å²) in [6, 6.07) is 50.0. The van der Waals surface area contributed by atoms with Crippen molar-refractivity contribution >= 4 is 76.3 Å². The first-order valence-corrected chi connectivity index (χ1v) is 16.9. The van der Waals surface area contributed by atoms with Crippen molar-refractivity contribution in [2.75, 3.05) is 0 Å². The van der Waals surface area contributed by atoms with Gasteiger partial charge in [-0.05, 0) is 68.2 Å². The summed E-state index contributed by atoms with van der Waals surface area (Å²) in [7, 11) is 0. The molecule has 0 fully saturated rings. The summed E-state index contributed by atoms with van der Waals surface area (Å²) in [4.78, 5) is 10.4. The van der Waals surface area contributed by atoms with E-state index in [1.54, 1.807) is 6.07 Å². The van der Waals surface area contributed by atoms with Crippen molar-refractivity contribution in [1.82, 2.24) is 9.97 Å². The van der Waals surface area contributed by atoms with Crippen LogP contribution in [-0.2, 0) is 0 Å². The number of benzene rings is 8. The molecular formula is C46H25FN2O2. The quantitative estimate of drug-likeness (QED) is 0.178. The highest BCUT2D eigenvalue weighted by Gasteiger charge is 2.24. The molecule has 3 heterocycles. The molecule has 0 aliphatic rings. The standard InChI is InChI=1S/C46H25FN2O2/c47-37-25-35-30-17-7-5-15-28(30)27-14-4-6-16-29(27)34(35)24-36(37)31-19-10-23-40-42(31)44-45(51-40)43(26-12-2-1-3-13-26)48-46(49-44)33-20-11-22-39-41(33)32-18-8-9-21-38(32)50-39/h1-25H. The van der Waals surface area contributed by atoms with Gasteiger partial charge in [-0.1, -0.05) is 121 Å². The molecule has 5 heteroatoms. The number of hydrogen-bond acceptors (Lipinski definition) is 4. The second kappa shape index (κ2) is 10.6. The fraction of sp³-hybridized carbons (Fsp3) is 0. The van der Waals surface area contributed by atoms with Gasteiger partial charge in [-0.3, -0.25) is 0 Å². The first kappa shape index (κ1) is 28.0. The van der Waals surface area contributed by atoms with Gasteiger partial charge in [0.05, 0.1) is 5.39 Å². The van der Waals surface area contributed by atoms with Crippen LogP contribution >= 0.6 is 0 Å². The minimum atomic E-state index is -0.308. The molecular weight excluding hydrogens is 632 g/mol. The van der Waals surface area contributed by atoms with Crippen LogP contribution in [0.5, 0.6) is 0 Å². The van der Waals surface area contributed by atoms with Gasteiger partial charge in [-0.2, -0.15) is 0 Å². The number of fused-ring (bicyclic) bond motifs is 12. The molecule has 8 aromatic carbocycles. The highest BCUT2D eigenvalue weighted by Crippen LogP contribution is 2.44. The summed E-state index contributed by atoms with van der Waals surface area (Å²) in [6.45, 7) is 0. The van der Waals surface area contributed by atoms with Crippen LogP contribution in [-0.4, -0.2) is 9.97 Å². The Hall–Kier alpha value is -6.85. The molecule has 4 nitrogen and oxygen atoms in total. The number of hydrogen-bond donors (Lipinski definition) is 0. The van der Waals surface area contributed by atoms with E-state index in [2.05, 4.69) is 36.4 Å². The highest BCUT2D eigenvalue weighted by atomic mass is 19.1. The highest BCUT2D eigenvalue weighted by molar-refractivity contribution is 6.26. The first-order chi connectivity index (χ1) is 25.2. The second-order valence-corrected chi connectivity index (χ2v) is 13.0. The maximum Gasteiger partial charge on any atom is 0.180 e. The van der Waals surface area contributed by atoms with Crippen LogP contribution in [0.4, 0.5) is 4.39 Å². The summed E-state index contributed by atoms with van der Waals surface area (Å²) in [5.41, 5.74) is 6.94. The third-order valence-corrected chi connectivity index (χ3v) is 10.2. The molecule has 0 N–H and O–H groups in total. The van der Waals surface area contributed by atoms with Gasteiger partial charge in [0.1, 0.15) is 33.8 Å². The Morgan fingerprint density at radius 1 is 0.412 bits per heavy atom. The molecule has 0 saturated heterocycles. The average Bonchev–Trinajstić information content (AvgIpc) is 3.77. The van der Waals surface area contributed by atoms with E-state index in [-0.39, 0.29) is 5.82 Å². The maximum absolute atomic E-state index is 16.7. The Morgan fingerprint density at radius 2 is 0.980 bits per heavy atom. The molecule has 0 aliphatic carbocycles. The maximum atomic E-state index is 16.7. The fourth-order valence-electron chi connectivity index (χ4n) is 7.92. The molecule has 3 aromatic heterocycles. The Labute approximate surface area is 290 Å². The lowest BCUT2D eigenvalue weighted by atomic mass is 9.91. The largest absolute Gasteiger partial charge is 0.456 e. The van der Waals surface area contributed by atoms with Gasteiger partial charge in [0, 0.05) is 27.5 Å². The second-order valence-electron chi connectivity index (χ2n) is 13.0. The van der Waals surface area contributed by atoms with Crippen LogP contribution in [0.25, 0.3) is 110 Å². The minimum absolute atomic E-state index is 0.308. The SMILES string of the molecule is Fc1cc2c3ccccc3c3ccccc3c2cc1-c1cccc2oc3c(-c4ccccc4)nc(-c4cccc5oc6ccccc6c45)nc3c12. The first-order valence-electron chi connectivity index (χ1n) is 16.9. The molecule has 11 rings (SSSR count). The van der Waals surface area contributed by atoms with Crippen molar-refractivity contribution in [3.05, 3.63) is 157 Å². The Morgan fingerprint density at radius 3 is 1.71 bits per heavy atom. The van der Waals surface area contributed by atoms with E-state index in [1.807, 2.05) is 109 Å². The Bertz CT molecular complexity index is 3210. The number of furan rings is 2. The number of aromatic nitrogens is 2. The van der Waals surface area contributed by atoms with E-state index < -0.39 is 0 Å². The topological polar surface area (TPSA) is 52.1 Å². The molecule has 0 spiro atoms. The molecule has 0 atom stereocenters. The predicted molar refractivity (Wildman–Crippen MR) is 205 cm³/mol. The summed E-state index contributed by atoms with van der Waals surface area (Å²) < 4.78 is 29.5. The Balaban J connectivity index is 1.25. The summed E-state index contributed by atoms with van der Waals surface area (Å²) >= 11 is 0. The van der Waals surface area contributed by atoms with Gasteiger partial charge in [0.25, 0.3) is 0 Å². The number of para-hydroxylation sites is 1. The van der Waals surface area contributed by atoms with Gasteiger partial charge in [-0.15, -0.1) is 0 Å². The summed E-state index contributed by atoms with van der Waals surface area (Å²) in [5.74, 6) is 0.226. The van der Waals surface area contributed by atoms with Crippen molar-refractivity contribution in [3.8, 4) is 33.8 Å². The van der Waals surface area contributed by atoms with Gasteiger partial charge >= 0.3 is 0 Å². The van der Waals surface area contributed by atoms with Crippen LogP contribution in [0.2, 0.25) is 0 Å². The fourth-order valence-corrected chi connectivity index (χ4v) is 7.92. The van der Waals surface area contributed by atoms with Crippen LogP contribution in [0.3, 0.4) is 0 Å². The molecule has 0 radical (unpaired) electrons. The molecule has 11 aromatic rings. The molecule has 0 unspecified atom stereocenters. The van der Waals surface area contributed by atoms with E-state index in [1.165, 1.54) is 0 Å². The monoisotopic (exact) mass is 656 g/mol. The zero-order valence-corrected chi connectivity index (χ0v) is 27.0. The smallest absolute Gasteiger partial charge is 0.180 e. The van der Waals surface area contributed by atoms with E-state index in [4.69, 9.17) is 18.8 Å². The minimum Gasteiger partial charge on any atom is -0.456 e. The third kappa shape index (κ3) is 4.06. The van der Waals surface area contributed by atoms with E-state index in [9.17, 15) is 0 Å². The van der Waals surface area contributed by atoms with Gasteiger partial charge in [0.15, 0.2) is 11.4 Å². The van der Waals surface area contributed by atoms with E-state index in [0.717, 1.165) is 70.8 Å². The lowest BCUT2D eigenvalue weighted by molar-refractivity contribution is 0.633. The van der Waals surface area contributed by atoms with Crippen molar-refractivity contribution < 1.29 is 13.2 Å². The lowest BCUT2D eigenvalue weighted by Crippen LogP contribution is -1.95. The van der Waals surface area contributed by atoms with Crippen molar-refractivity contribution in [2.45, 2.75) is 0 Å². The van der Waals surface area contributed by atoms with Gasteiger partial charge in [0.2, 0.25) is 0 Å². The molecule has 0 saturated carbocycles. The van der Waals surface area contributed by atoms with Crippen LogP contribution in [0.1, 0.15) is 0 Å². The van der Waals surface area contributed by atoms with Gasteiger partial charge < -0.3 is 8.83 Å². The molecule has 0 amide bonds. The van der Waals surface area contributed by atoms with Crippen molar-refractivity contribution in [1.29, 1.82) is 0 Å². The normalized spacial score (nSPS) is 12.0. The number of rotatable bonds is 3. The molecule has 0 aliphatic heterocycles. The van der Waals surface area contributed by atoms with Crippen LogP contribution < -0.4 is 0 Å². The zero-order chi connectivity index (χ0) is 33.6. The number of halogens is 1. The third-order valence-electron chi connectivity index (χ3n) is 10.2. The number of nitrogens with zero attached hydrogens (tertiary/aromatic N) is 2. The van der Waals surface area contributed by atoms with E-state index in [0.29, 0.717) is 39.3 Å². The van der Waals surface area contributed by atoms with Gasteiger partial charge in [-0.25, -0.2) is 14.4 Å². The summed E-state index contributed by atoms with van der Waals surface area (Å²) in [6.07, 6.45) is 0. The van der Waals surface area contributed by atoms with Crippen molar-refractivity contribution in [2.24, 2.45) is 0 Å². The van der Waals surface area contributed by atoms with Crippen LogP contribution in [0, 0.1) is 5.82 Å². The molecule has 51 heavy (non-hydrogen) atoms. The Kier molecular flexibility index (Phi) is 5.81.